The van der Waals surface area contributed by atoms with E-state index < -0.39 is 5.41 Å². The van der Waals surface area contributed by atoms with Gasteiger partial charge in [0.1, 0.15) is 15.6 Å². The van der Waals surface area contributed by atoms with Gasteiger partial charge in [-0.1, -0.05) is 58.1 Å². The first kappa shape index (κ1) is 39.0. The van der Waals surface area contributed by atoms with Crippen molar-refractivity contribution in [1.29, 1.82) is 0 Å². The highest BCUT2D eigenvalue weighted by molar-refractivity contribution is 8.01. The van der Waals surface area contributed by atoms with Crippen molar-refractivity contribution in [2.24, 2.45) is 5.41 Å². The van der Waals surface area contributed by atoms with Crippen LogP contribution in [0.5, 0.6) is 0 Å². The molecule has 3 N–H and O–H groups in total. The second-order valence-corrected chi connectivity index (χ2v) is 14.8. The lowest BCUT2D eigenvalue weighted by Crippen LogP contribution is -2.40. The number of anilines is 2. The number of aromatic nitrogens is 2. The second kappa shape index (κ2) is 18.7. The Balaban J connectivity index is 0.000000416. The van der Waals surface area contributed by atoms with Gasteiger partial charge in [-0.2, -0.15) is 19.8 Å². The van der Waals surface area contributed by atoms with Crippen molar-refractivity contribution in [3.05, 3.63) is 9.75 Å². The molecule has 0 spiro atoms. The molecule has 0 radical (unpaired) electrons. The van der Waals surface area contributed by atoms with Gasteiger partial charge in [-0.25, -0.2) is 9.97 Å². The molecule has 4 rings (SSSR count). The van der Waals surface area contributed by atoms with Crippen LogP contribution in [0.15, 0.2) is 8.68 Å². The highest BCUT2D eigenvalue weighted by Crippen LogP contribution is 2.33. The summed E-state index contributed by atoms with van der Waals surface area (Å²) >= 11 is 5.90. The Morgan fingerprint density at radius 3 is 1.71 bits per heavy atom. The maximum absolute atomic E-state index is 12.7. The molecule has 2 fully saturated rings. The topological polar surface area (TPSA) is 140 Å². The smallest absolute Gasteiger partial charge is 0.268 e. The predicted octanol–water partition coefficient (Wildman–Crippen LogP) is 4.14. The summed E-state index contributed by atoms with van der Waals surface area (Å²) in [5.74, 6) is 2.27. The molecule has 2 aromatic rings. The number of hydrogen-bond donors (Lipinski definition) is 2. The van der Waals surface area contributed by atoms with Gasteiger partial charge in [0.15, 0.2) is 14.5 Å². The van der Waals surface area contributed by atoms with Crippen molar-refractivity contribution in [3.8, 4) is 0 Å². The quantitative estimate of drug-likeness (QED) is 0.321. The van der Waals surface area contributed by atoms with E-state index in [0.29, 0.717) is 74.0 Å². The fourth-order valence-corrected chi connectivity index (χ4v) is 7.38. The molecular weight excluding hydrogens is 655 g/mol. The summed E-state index contributed by atoms with van der Waals surface area (Å²) in [6, 6.07) is 0. The number of carbonyl (C=O) groups excluding carboxylic acids is 3. The molecule has 0 saturated carbocycles. The average molecular weight is 699 g/mol. The van der Waals surface area contributed by atoms with Crippen molar-refractivity contribution < 1.29 is 23.9 Å². The lowest BCUT2D eigenvalue weighted by Gasteiger charge is -2.26. The van der Waals surface area contributed by atoms with Crippen LogP contribution in [0.3, 0.4) is 0 Å². The molecule has 2 aromatic heterocycles. The van der Waals surface area contributed by atoms with E-state index in [-0.39, 0.29) is 37.5 Å². The van der Waals surface area contributed by atoms with Crippen LogP contribution >= 0.6 is 66.0 Å². The van der Waals surface area contributed by atoms with Crippen LogP contribution in [-0.2, 0) is 14.3 Å². The summed E-state index contributed by atoms with van der Waals surface area (Å²) in [5, 5.41) is 2.82. The number of hydrogen-bond acceptors (Lipinski definition) is 12. The van der Waals surface area contributed by atoms with Crippen LogP contribution in [0.4, 0.5) is 11.6 Å². The first-order chi connectivity index (χ1) is 19.0. The number of thioether (sulfide) groups is 2. The Labute approximate surface area is 271 Å². The van der Waals surface area contributed by atoms with Crippen molar-refractivity contribution >= 4 is 95.4 Å². The van der Waals surface area contributed by atoms with Gasteiger partial charge in [0, 0.05) is 31.6 Å². The van der Waals surface area contributed by atoms with Crippen LogP contribution < -0.4 is 11.1 Å². The lowest BCUT2D eigenvalue weighted by molar-refractivity contribution is -0.123. The fourth-order valence-electron chi connectivity index (χ4n) is 3.48. The van der Waals surface area contributed by atoms with Gasteiger partial charge in [0.2, 0.25) is 5.91 Å². The van der Waals surface area contributed by atoms with E-state index in [4.69, 9.17) is 15.2 Å². The van der Waals surface area contributed by atoms with Crippen LogP contribution in [0.2, 0.25) is 0 Å². The first-order valence-corrected chi connectivity index (χ1v) is 16.7. The summed E-state index contributed by atoms with van der Waals surface area (Å²) in [6.45, 7) is 14.3. The zero-order valence-corrected chi connectivity index (χ0v) is 31.1. The molecule has 3 amide bonds. The number of nitrogens with zero attached hydrogens (tertiary/aromatic N) is 4. The fraction of sp³-hybridized carbons (Fsp3) is 0.640. The molecule has 0 bridgehead atoms. The molecule has 0 aromatic carbocycles. The largest absolute Gasteiger partial charge is 0.382 e. The number of rotatable bonds is 7. The molecule has 11 nitrogen and oxygen atoms in total. The van der Waals surface area contributed by atoms with Gasteiger partial charge in [-0.15, -0.1) is 22.7 Å². The molecule has 2 atom stereocenters. The summed E-state index contributed by atoms with van der Waals surface area (Å²) in [6.07, 6.45) is 0. The van der Waals surface area contributed by atoms with Gasteiger partial charge in [-0.05, 0) is 11.5 Å². The number of nitrogens with one attached hydrogen (secondary N) is 1. The number of morpholine rings is 2. The maximum Gasteiger partial charge on any atom is 0.268 e. The predicted molar refractivity (Wildman–Crippen MR) is 185 cm³/mol. The van der Waals surface area contributed by atoms with Crippen LogP contribution in [0.25, 0.3) is 0 Å². The average Bonchev–Trinajstić information content (AvgIpc) is 3.51. The molecular formula is C25H44N6O5P2S4. The maximum atomic E-state index is 12.7. The third kappa shape index (κ3) is 11.1. The number of thiazole rings is 2. The Bertz CT molecular complexity index is 1160. The van der Waals surface area contributed by atoms with Gasteiger partial charge in [-0.3, -0.25) is 14.4 Å². The number of nitrogen functional groups attached to an aromatic ring is 1. The van der Waals surface area contributed by atoms with Crippen molar-refractivity contribution in [1.82, 2.24) is 19.8 Å². The first-order valence-electron chi connectivity index (χ1n) is 13.1. The Kier molecular flexibility index (Phi) is 17.3. The molecule has 17 heteroatoms. The molecule has 2 unspecified atom stereocenters. The lowest BCUT2D eigenvalue weighted by atomic mass is 9.96. The van der Waals surface area contributed by atoms with Gasteiger partial charge in [0.25, 0.3) is 11.8 Å². The monoisotopic (exact) mass is 698 g/mol. The Hall–Kier alpha value is -1.05. The van der Waals surface area contributed by atoms with Crippen LogP contribution in [-0.4, -0.2) is 102 Å². The summed E-state index contributed by atoms with van der Waals surface area (Å²) in [7, 11) is 0. The Morgan fingerprint density at radius 1 is 0.833 bits per heavy atom. The molecule has 2 saturated heterocycles. The third-order valence-electron chi connectivity index (χ3n) is 5.68. The summed E-state index contributed by atoms with van der Waals surface area (Å²) < 4.78 is 12.2. The molecule has 42 heavy (non-hydrogen) atoms. The van der Waals surface area contributed by atoms with E-state index in [1.54, 1.807) is 33.3 Å². The standard InChI is InChI=1S/C15H23N3O3S2.C10H15N3O2S2.2H3P/c1-5-22-14-17-11(16-13(20)15(2,3)4)10(23-14)12(19)18-6-8-21-9-7-18;1-2-16-10-12-8(11)7(17-10)9(14)13-3-5-15-6-4-13;;/h5-9H2,1-4H3,(H,16,20);2-6,11H2,1H3;2*1H3. The van der Waals surface area contributed by atoms with E-state index in [1.165, 1.54) is 22.7 Å². The van der Waals surface area contributed by atoms with Crippen LogP contribution in [0.1, 0.15) is 54.0 Å². The highest BCUT2D eigenvalue weighted by Gasteiger charge is 2.29. The van der Waals surface area contributed by atoms with E-state index in [0.717, 1.165) is 20.2 Å². The molecule has 2 aliphatic rings. The second-order valence-electron chi connectivity index (χ2n) is 9.73. The highest BCUT2D eigenvalue weighted by atomic mass is 32.2. The summed E-state index contributed by atoms with van der Waals surface area (Å²) in [5.41, 5.74) is 5.25. The molecule has 0 aliphatic carbocycles. The Morgan fingerprint density at radius 2 is 1.26 bits per heavy atom. The number of amides is 3. The SMILES string of the molecule is CCSc1nc(N)c(C(=O)N2CCOCC2)s1.CCSc1nc(NC(=O)C(C)(C)C)c(C(=O)N2CCOCC2)s1.P.P. The third-order valence-corrected chi connectivity index (χ3v) is 9.83. The van der Waals surface area contributed by atoms with Crippen molar-refractivity contribution in [3.63, 3.8) is 0 Å². The number of carbonyl (C=O) groups is 3. The molecule has 238 valence electrons. The van der Waals surface area contributed by atoms with E-state index in [1.807, 2.05) is 34.6 Å². The number of nitrogens with two attached hydrogens (primary N) is 1. The molecule has 4 heterocycles. The van der Waals surface area contributed by atoms with E-state index in [2.05, 4.69) is 15.3 Å². The minimum absolute atomic E-state index is 0. The normalized spacial score (nSPS) is 15.1. The molecule has 2 aliphatic heterocycles. The van der Waals surface area contributed by atoms with Gasteiger partial charge < -0.3 is 30.3 Å². The van der Waals surface area contributed by atoms with Gasteiger partial charge in [0.05, 0.1) is 26.4 Å². The van der Waals surface area contributed by atoms with Crippen molar-refractivity contribution in [2.75, 3.05) is 75.2 Å². The minimum Gasteiger partial charge on any atom is -0.382 e. The zero-order chi connectivity index (χ0) is 29.3. The summed E-state index contributed by atoms with van der Waals surface area (Å²) in [4.78, 5) is 50.4. The van der Waals surface area contributed by atoms with Crippen molar-refractivity contribution in [2.45, 2.75) is 43.3 Å². The van der Waals surface area contributed by atoms with E-state index >= 15 is 0 Å². The number of ether oxygens (including phenoxy) is 2. The zero-order valence-electron chi connectivity index (χ0n) is 25.0. The minimum atomic E-state index is -0.541. The van der Waals surface area contributed by atoms with E-state index in [9.17, 15) is 14.4 Å². The van der Waals surface area contributed by atoms with Gasteiger partial charge >= 0.3 is 0 Å². The van der Waals surface area contributed by atoms with Crippen LogP contribution in [0, 0.1) is 5.41 Å².